The van der Waals surface area contributed by atoms with Crippen molar-refractivity contribution >= 4 is 23.4 Å². The number of hydrogen-bond acceptors (Lipinski definition) is 2. The van der Waals surface area contributed by atoms with E-state index < -0.39 is 23.4 Å². The lowest BCUT2D eigenvalue weighted by molar-refractivity contribution is -0.138. The van der Waals surface area contributed by atoms with E-state index in [9.17, 15) is 26.7 Å². The minimum atomic E-state index is -4.55. The highest BCUT2D eigenvalue weighted by Crippen LogP contribution is 2.34. The lowest BCUT2D eigenvalue weighted by Gasteiger charge is -2.13. The first-order valence-electron chi connectivity index (χ1n) is 6.71. The molecule has 0 unspecified atom stereocenters. The number of thioether (sulfide) groups is 1. The molecule has 1 amide bonds. The molecule has 0 saturated heterocycles. The minimum Gasteiger partial charge on any atom is -0.322 e. The summed E-state index contributed by atoms with van der Waals surface area (Å²) in [5.41, 5.74) is -0.934. The van der Waals surface area contributed by atoms with Gasteiger partial charge < -0.3 is 5.32 Å². The number of halogens is 5. The third-order valence-corrected chi connectivity index (χ3v) is 3.94. The molecule has 2 aromatic carbocycles. The molecule has 128 valence electrons. The van der Waals surface area contributed by atoms with Crippen molar-refractivity contribution in [3.05, 3.63) is 59.2 Å². The monoisotopic (exact) mass is 361 g/mol. The molecule has 1 N–H and O–H groups in total. The van der Waals surface area contributed by atoms with Crippen molar-refractivity contribution in [3.8, 4) is 0 Å². The molecule has 0 atom stereocenters. The summed E-state index contributed by atoms with van der Waals surface area (Å²) in [7, 11) is 0. The van der Waals surface area contributed by atoms with Crippen LogP contribution in [-0.2, 0) is 6.18 Å². The van der Waals surface area contributed by atoms with Gasteiger partial charge in [0.25, 0.3) is 11.7 Å². The predicted octanol–water partition coefficient (Wildman–Crippen LogP) is 5.58. The van der Waals surface area contributed by atoms with E-state index >= 15 is 0 Å². The van der Waals surface area contributed by atoms with Crippen molar-refractivity contribution in [2.75, 3.05) is 5.32 Å². The van der Waals surface area contributed by atoms with E-state index in [4.69, 9.17) is 0 Å². The van der Waals surface area contributed by atoms with E-state index in [0.29, 0.717) is 0 Å². The van der Waals surface area contributed by atoms with E-state index in [1.165, 1.54) is 43.3 Å². The van der Waals surface area contributed by atoms with E-state index in [2.05, 4.69) is 5.32 Å². The summed E-state index contributed by atoms with van der Waals surface area (Å²) in [5.74, 6) is -3.47. The fourth-order valence-corrected chi connectivity index (χ4v) is 2.69. The Kier molecular flexibility index (Phi) is 5.48. The third-order valence-electron chi connectivity index (χ3n) is 3.15. The van der Waals surface area contributed by atoms with Crippen LogP contribution >= 0.6 is 11.8 Å². The number of anilines is 1. The Morgan fingerprint density at radius 2 is 1.79 bits per heavy atom. The van der Waals surface area contributed by atoms with Crippen LogP contribution < -0.4 is 5.32 Å². The Bertz CT molecular complexity index is 745. The van der Waals surface area contributed by atoms with Gasteiger partial charge in [0, 0.05) is 10.6 Å². The van der Waals surface area contributed by atoms with Crippen LogP contribution in [0, 0.1) is 6.92 Å². The van der Waals surface area contributed by atoms with Gasteiger partial charge in [-0.05, 0) is 36.8 Å². The number of carbonyl (C=O) groups is 1. The Morgan fingerprint density at radius 3 is 2.42 bits per heavy atom. The maximum absolute atomic E-state index is 12.9. The van der Waals surface area contributed by atoms with Crippen LogP contribution in [0.2, 0.25) is 0 Å². The van der Waals surface area contributed by atoms with Gasteiger partial charge >= 0.3 is 6.18 Å². The van der Waals surface area contributed by atoms with Gasteiger partial charge in [0.1, 0.15) is 0 Å². The van der Waals surface area contributed by atoms with Gasteiger partial charge in [-0.3, -0.25) is 4.79 Å². The zero-order valence-electron chi connectivity index (χ0n) is 12.3. The van der Waals surface area contributed by atoms with Crippen LogP contribution in [-0.4, -0.2) is 11.7 Å². The van der Waals surface area contributed by atoms with E-state index in [1.807, 2.05) is 0 Å². The lowest BCUT2D eigenvalue weighted by Crippen LogP contribution is -2.15. The van der Waals surface area contributed by atoms with Gasteiger partial charge in [0.15, 0.2) is 0 Å². The number of benzene rings is 2. The van der Waals surface area contributed by atoms with Gasteiger partial charge in [-0.25, -0.2) is 0 Å². The summed E-state index contributed by atoms with van der Waals surface area (Å²) < 4.78 is 63.7. The minimum absolute atomic E-state index is 0.0224. The van der Waals surface area contributed by atoms with E-state index in [1.54, 1.807) is 0 Å². The first-order valence-corrected chi connectivity index (χ1v) is 7.59. The second-order valence-electron chi connectivity index (χ2n) is 4.86. The number of hydrogen-bond donors (Lipinski definition) is 1. The van der Waals surface area contributed by atoms with Crippen LogP contribution in [0.25, 0.3) is 0 Å². The van der Waals surface area contributed by atoms with Crippen molar-refractivity contribution in [2.45, 2.75) is 23.8 Å². The summed E-state index contributed by atoms with van der Waals surface area (Å²) >= 11 is 0.200. The van der Waals surface area contributed by atoms with Crippen LogP contribution in [0.5, 0.6) is 0 Å². The first kappa shape index (κ1) is 18.3. The normalized spacial score (nSPS) is 11.6. The molecule has 0 bridgehead atoms. The molecule has 2 nitrogen and oxygen atoms in total. The smallest absolute Gasteiger partial charge is 0.322 e. The Labute approximate surface area is 139 Å². The molecule has 0 saturated carbocycles. The molecule has 0 fully saturated rings. The Morgan fingerprint density at radius 1 is 1.12 bits per heavy atom. The molecule has 2 aromatic rings. The molecule has 2 rings (SSSR count). The SMILES string of the molecule is Cc1ccc(NC(=O)c2ccccc2SC(F)F)cc1C(F)(F)F. The highest BCUT2D eigenvalue weighted by atomic mass is 32.2. The summed E-state index contributed by atoms with van der Waals surface area (Å²) in [6.45, 7) is 1.31. The van der Waals surface area contributed by atoms with Crippen LogP contribution in [0.1, 0.15) is 21.5 Å². The molecule has 0 spiro atoms. The molecular weight excluding hydrogens is 349 g/mol. The van der Waals surface area contributed by atoms with Crippen molar-refractivity contribution in [1.82, 2.24) is 0 Å². The van der Waals surface area contributed by atoms with Crippen LogP contribution in [0.3, 0.4) is 0 Å². The number of aryl methyl sites for hydroxylation is 1. The third kappa shape index (κ3) is 4.47. The summed E-state index contributed by atoms with van der Waals surface area (Å²) in [4.78, 5) is 12.3. The van der Waals surface area contributed by atoms with Crippen molar-refractivity contribution < 1.29 is 26.7 Å². The van der Waals surface area contributed by atoms with E-state index in [-0.39, 0.29) is 33.5 Å². The first-order chi connectivity index (χ1) is 11.2. The molecule has 0 aliphatic carbocycles. The fraction of sp³-hybridized carbons (Fsp3) is 0.188. The average molecular weight is 361 g/mol. The highest BCUT2D eigenvalue weighted by molar-refractivity contribution is 7.99. The molecule has 0 aromatic heterocycles. The number of carbonyl (C=O) groups excluding carboxylic acids is 1. The standard InChI is InChI=1S/C16H12F5NOS/c1-9-6-7-10(8-12(9)16(19,20)21)22-14(23)11-4-2-3-5-13(11)24-15(17)18/h2-8,15H,1H3,(H,22,23). The maximum Gasteiger partial charge on any atom is 0.416 e. The lowest BCUT2D eigenvalue weighted by atomic mass is 10.1. The van der Waals surface area contributed by atoms with Crippen molar-refractivity contribution in [3.63, 3.8) is 0 Å². The quantitative estimate of drug-likeness (QED) is 0.569. The number of alkyl halides is 5. The zero-order valence-corrected chi connectivity index (χ0v) is 13.1. The van der Waals surface area contributed by atoms with Crippen LogP contribution in [0.4, 0.5) is 27.6 Å². The Hall–Kier alpha value is -2.09. The molecule has 0 radical (unpaired) electrons. The zero-order chi connectivity index (χ0) is 17.9. The number of amides is 1. The highest BCUT2D eigenvalue weighted by Gasteiger charge is 2.32. The molecule has 0 aliphatic rings. The molecular formula is C16H12F5NOS. The van der Waals surface area contributed by atoms with Gasteiger partial charge in [-0.2, -0.15) is 22.0 Å². The largest absolute Gasteiger partial charge is 0.416 e. The topological polar surface area (TPSA) is 29.1 Å². The maximum atomic E-state index is 12.9. The van der Waals surface area contributed by atoms with Crippen molar-refractivity contribution in [1.29, 1.82) is 0 Å². The van der Waals surface area contributed by atoms with Gasteiger partial charge in [0.2, 0.25) is 0 Å². The molecule has 24 heavy (non-hydrogen) atoms. The predicted molar refractivity (Wildman–Crippen MR) is 82.4 cm³/mol. The van der Waals surface area contributed by atoms with Crippen molar-refractivity contribution in [2.24, 2.45) is 0 Å². The van der Waals surface area contributed by atoms with Gasteiger partial charge in [0.05, 0.1) is 11.1 Å². The second-order valence-corrected chi connectivity index (χ2v) is 5.89. The Balaban J connectivity index is 2.28. The molecule has 0 aliphatic heterocycles. The summed E-state index contributed by atoms with van der Waals surface area (Å²) in [6, 6.07) is 9.04. The fourth-order valence-electron chi connectivity index (χ4n) is 2.06. The average Bonchev–Trinajstić information content (AvgIpc) is 2.48. The second kappa shape index (κ2) is 7.21. The van der Waals surface area contributed by atoms with Gasteiger partial charge in [-0.1, -0.05) is 30.0 Å². The molecule has 8 heteroatoms. The summed E-state index contributed by atoms with van der Waals surface area (Å²) in [5, 5.41) is 2.31. The summed E-state index contributed by atoms with van der Waals surface area (Å²) in [6.07, 6.45) is -4.55. The van der Waals surface area contributed by atoms with Gasteiger partial charge in [-0.15, -0.1) is 0 Å². The molecule has 0 heterocycles. The van der Waals surface area contributed by atoms with E-state index in [0.717, 1.165) is 6.07 Å². The number of rotatable bonds is 4. The van der Waals surface area contributed by atoms with Crippen LogP contribution in [0.15, 0.2) is 47.4 Å². The number of nitrogens with one attached hydrogen (secondary N) is 1.